The van der Waals surface area contributed by atoms with Crippen LogP contribution in [0, 0.1) is 5.41 Å². The van der Waals surface area contributed by atoms with Crippen LogP contribution in [0.15, 0.2) is 61.4 Å². The highest BCUT2D eigenvalue weighted by molar-refractivity contribution is 6.07. The number of carbonyl (C=O) groups is 1. The highest BCUT2D eigenvalue weighted by Crippen LogP contribution is 2.19. The topological polar surface area (TPSA) is 125 Å². The van der Waals surface area contributed by atoms with Gasteiger partial charge in [-0.1, -0.05) is 6.07 Å². The highest BCUT2D eigenvalue weighted by Gasteiger charge is 2.09. The maximum absolute atomic E-state index is 12.3. The number of hydrogen-bond donors (Lipinski definition) is 4. The fourth-order valence-electron chi connectivity index (χ4n) is 3.04. The van der Waals surface area contributed by atoms with Gasteiger partial charge in [-0.15, -0.1) is 0 Å². The number of benzene rings is 1. The van der Waals surface area contributed by atoms with E-state index in [-0.39, 0.29) is 11.7 Å². The van der Waals surface area contributed by atoms with Crippen LogP contribution in [0.2, 0.25) is 0 Å². The Hall–Kier alpha value is -3.94. The van der Waals surface area contributed by atoms with Crippen molar-refractivity contribution >= 4 is 22.6 Å². The Morgan fingerprint density at radius 1 is 1.29 bits per heavy atom. The summed E-state index contributed by atoms with van der Waals surface area (Å²) >= 11 is 0. The summed E-state index contributed by atoms with van der Waals surface area (Å²) in [5, 5.41) is 11.5. The number of nitrogen functional groups attached to an aromatic ring is 1. The van der Waals surface area contributed by atoms with Crippen LogP contribution in [0.25, 0.3) is 16.7 Å². The summed E-state index contributed by atoms with van der Waals surface area (Å²) in [6.45, 7) is 0.493. The number of aromatic amines is 1. The molecule has 0 bridgehead atoms. The molecule has 0 radical (unpaired) electrons. The molecule has 4 aromatic rings. The SMILES string of the molecule is N=C(N)c1c[nH]c2ccc(CCNC(=O)c3ccc(-n4ccnc4)nc3)cc12. The molecule has 3 heterocycles. The molecule has 3 aromatic heterocycles. The highest BCUT2D eigenvalue weighted by atomic mass is 16.1. The van der Waals surface area contributed by atoms with Crippen LogP contribution in [0.4, 0.5) is 0 Å². The van der Waals surface area contributed by atoms with Crippen molar-refractivity contribution in [1.82, 2.24) is 24.8 Å². The molecule has 8 heteroatoms. The van der Waals surface area contributed by atoms with Crippen LogP contribution in [0.5, 0.6) is 0 Å². The van der Waals surface area contributed by atoms with E-state index in [1.807, 2.05) is 18.2 Å². The van der Waals surface area contributed by atoms with Crippen molar-refractivity contribution in [1.29, 1.82) is 5.41 Å². The van der Waals surface area contributed by atoms with Gasteiger partial charge in [0.25, 0.3) is 5.91 Å². The van der Waals surface area contributed by atoms with Crippen LogP contribution < -0.4 is 11.1 Å². The number of rotatable bonds is 6. The zero-order valence-corrected chi connectivity index (χ0v) is 15.0. The number of amides is 1. The summed E-state index contributed by atoms with van der Waals surface area (Å²) in [4.78, 5) is 23.7. The minimum Gasteiger partial charge on any atom is -0.384 e. The summed E-state index contributed by atoms with van der Waals surface area (Å²) in [5.41, 5.74) is 8.80. The standard InChI is InChI=1S/C20H19N7O/c21-19(22)16-11-25-17-3-1-13(9-15(16)17)5-6-24-20(28)14-2-4-18(26-10-14)27-8-7-23-12-27/h1-4,7-12,25H,5-6H2,(H3,21,22)(H,24,28). The van der Waals surface area contributed by atoms with E-state index in [0.29, 0.717) is 29.9 Å². The Balaban J connectivity index is 1.38. The van der Waals surface area contributed by atoms with Gasteiger partial charge in [-0.2, -0.15) is 0 Å². The first-order valence-electron chi connectivity index (χ1n) is 8.79. The predicted molar refractivity (Wildman–Crippen MR) is 107 cm³/mol. The molecule has 0 aliphatic rings. The number of H-pyrrole nitrogens is 1. The van der Waals surface area contributed by atoms with Crippen molar-refractivity contribution < 1.29 is 4.79 Å². The van der Waals surface area contributed by atoms with Crippen molar-refractivity contribution in [2.75, 3.05) is 6.54 Å². The smallest absolute Gasteiger partial charge is 0.252 e. The summed E-state index contributed by atoms with van der Waals surface area (Å²) in [5.74, 6) is 0.565. The number of amidine groups is 1. The van der Waals surface area contributed by atoms with Gasteiger partial charge in [0.2, 0.25) is 0 Å². The van der Waals surface area contributed by atoms with Crippen LogP contribution in [0.3, 0.4) is 0 Å². The normalized spacial score (nSPS) is 10.9. The molecule has 0 fully saturated rings. The van der Waals surface area contributed by atoms with Crippen LogP contribution in [-0.4, -0.2) is 37.8 Å². The second kappa shape index (κ2) is 7.36. The molecule has 1 aromatic carbocycles. The first kappa shape index (κ1) is 17.5. The number of nitrogens with zero attached hydrogens (tertiary/aromatic N) is 3. The zero-order chi connectivity index (χ0) is 19.5. The number of nitrogens with two attached hydrogens (primary N) is 1. The fourth-order valence-corrected chi connectivity index (χ4v) is 3.04. The zero-order valence-electron chi connectivity index (χ0n) is 15.0. The van der Waals surface area contributed by atoms with Gasteiger partial charge >= 0.3 is 0 Å². The molecular formula is C20H19N7O. The van der Waals surface area contributed by atoms with Crippen molar-refractivity contribution in [2.24, 2.45) is 5.73 Å². The fraction of sp³-hybridized carbons (Fsp3) is 0.100. The van der Waals surface area contributed by atoms with Crippen molar-refractivity contribution in [2.45, 2.75) is 6.42 Å². The maximum Gasteiger partial charge on any atom is 0.252 e. The Kier molecular flexibility index (Phi) is 4.59. The van der Waals surface area contributed by atoms with E-state index in [2.05, 4.69) is 20.3 Å². The minimum atomic E-state index is -0.170. The lowest BCUT2D eigenvalue weighted by atomic mass is 10.1. The summed E-state index contributed by atoms with van der Waals surface area (Å²) in [6.07, 6.45) is 9.08. The molecule has 0 atom stereocenters. The number of hydrogen-bond acceptors (Lipinski definition) is 4. The van der Waals surface area contributed by atoms with Gasteiger partial charge in [-0.25, -0.2) is 9.97 Å². The van der Waals surface area contributed by atoms with Crippen LogP contribution in [0.1, 0.15) is 21.5 Å². The van der Waals surface area contributed by atoms with E-state index in [4.69, 9.17) is 11.1 Å². The van der Waals surface area contributed by atoms with Gasteiger partial charge in [0.1, 0.15) is 18.0 Å². The monoisotopic (exact) mass is 373 g/mol. The molecule has 0 saturated heterocycles. The van der Waals surface area contributed by atoms with Crippen molar-refractivity contribution in [3.63, 3.8) is 0 Å². The minimum absolute atomic E-state index is 0.0309. The molecule has 1 amide bonds. The number of fused-ring (bicyclic) bond motifs is 1. The Morgan fingerprint density at radius 2 is 2.18 bits per heavy atom. The van der Waals surface area contributed by atoms with Gasteiger partial charge in [-0.05, 0) is 36.2 Å². The molecule has 4 rings (SSSR count). The van der Waals surface area contributed by atoms with E-state index < -0.39 is 0 Å². The first-order valence-corrected chi connectivity index (χ1v) is 8.79. The summed E-state index contributed by atoms with van der Waals surface area (Å²) < 4.78 is 1.77. The van der Waals surface area contributed by atoms with Gasteiger partial charge in [-0.3, -0.25) is 14.8 Å². The van der Waals surface area contributed by atoms with E-state index in [9.17, 15) is 4.79 Å². The third-order valence-corrected chi connectivity index (χ3v) is 4.51. The average Bonchev–Trinajstić information content (AvgIpc) is 3.38. The molecule has 0 unspecified atom stereocenters. The van der Waals surface area contributed by atoms with E-state index in [1.54, 1.807) is 47.8 Å². The molecule has 28 heavy (non-hydrogen) atoms. The van der Waals surface area contributed by atoms with Crippen LogP contribution in [-0.2, 0) is 6.42 Å². The number of imidazole rings is 1. The van der Waals surface area contributed by atoms with E-state index in [1.165, 1.54) is 0 Å². The Morgan fingerprint density at radius 3 is 2.89 bits per heavy atom. The lowest BCUT2D eigenvalue weighted by Gasteiger charge is -2.07. The second-order valence-corrected chi connectivity index (χ2v) is 6.38. The number of carbonyl (C=O) groups excluding carboxylic acids is 1. The molecule has 0 spiro atoms. The largest absolute Gasteiger partial charge is 0.384 e. The van der Waals surface area contributed by atoms with E-state index >= 15 is 0 Å². The number of nitrogens with one attached hydrogen (secondary N) is 3. The maximum atomic E-state index is 12.3. The molecule has 0 saturated carbocycles. The van der Waals surface area contributed by atoms with Crippen LogP contribution >= 0.6 is 0 Å². The molecule has 5 N–H and O–H groups in total. The van der Waals surface area contributed by atoms with Gasteiger partial charge < -0.3 is 16.0 Å². The quantitative estimate of drug-likeness (QED) is 0.305. The second-order valence-electron chi connectivity index (χ2n) is 6.38. The average molecular weight is 373 g/mol. The molecule has 0 aliphatic carbocycles. The summed E-state index contributed by atoms with van der Waals surface area (Å²) in [7, 11) is 0. The number of aromatic nitrogens is 4. The molecule has 8 nitrogen and oxygen atoms in total. The van der Waals surface area contributed by atoms with Gasteiger partial charge in [0.05, 0.1) is 5.56 Å². The lowest BCUT2D eigenvalue weighted by Crippen LogP contribution is -2.25. The third-order valence-electron chi connectivity index (χ3n) is 4.51. The lowest BCUT2D eigenvalue weighted by molar-refractivity contribution is 0.0954. The van der Waals surface area contributed by atoms with Crippen molar-refractivity contribution in [3.05, 3.63) is 78.1 Å². The Bertz CT molecular complexity index is 1130. The van der Waals surface area contributed by atoms with Crippen molar-refractivity contribution in [3.8, 4) is 5.82 Å². The van der Waals surface area contributed by atoms with Gasteiger partial charge in [0, 0.05) is 47.8 Å². The molecule has 0 aliphatic heterocycles. The predicted octanol–water partition coefficient (Wildman–Crippen LogP) is 2.01. The first-order chi connectivity index (χ1) is 13.6. The third kappa shape index (κ3) is 3.48. The Labute approximate surface area is 160 Å². The summed E-state index contributed by atoms with van der Waals surface area (Å²) in [6, 6.07) is 9.46. The molecular weight excluding hydrogens is 354 g/mol. The molecule has 140 valence electrons. The van der Waals surface area contributed by atoms with Gasteiger partial charge in [0.15, 0.2) is 0 Å². The van der Waals surface area contributed by atoms with E-state index in [0.717, 1.165) is 16.5 Å². The number of pyridine rings is 1.